The Balaban J connectivity index is 1.85. The minimum absolute atomic E-state index is 0.220. The van der Waals surface area contributed by atoms with E-state index in [1.807, 2.05) is 18.2 Å². The number of rotatable bonds is 2. The summed E-state index contributed by atoms with van der Waals surface area (Å²) in [6, 6.07) is 9.10. The molecule has 1 aliphatic heterocycles. The van der Waals surface area contributed by atoms with Gasteiger partial charge in [-0.1, -0.05) is 18.2 Å². The highest BCUT2D eigenvalue weighted by Gasteiger charge is 2.42. The van der Waals surface area contributed by atoms with Crippen molar-refractivity contribution in [3.63, 3.8) is 0 Å². The number of likely N-dealkylation sites (tertiary alicyclic amines) is 1. The Labute approximate surface area is 115 Å². The Bertz CT molecular complexity index is 657. The first kappa shape index (κ1) is 12.7. The highest BCUT2D eigenvalue weighted by molar-refractivity contribution is 5.96. The van der Waals surface area contributed by atoms with E-state index >= 15 is 0 Å². The predicted octanol–water partition coefficient (Wildman–Crippen LogP) is 2.37. The van der Waals surface area contributed by atoms with Gasteiger partial charge in [-0.25, -0.2) is 0 Å². The number of fused-ring (bicyclic) bond motifs is 1. The van der Waals surface area contributed by atoms with Gasteiger partial charge in [-0.05, 0) is 25.5 Å². The molecule has 5 nitrogen and oxygen atoms in total. The second-order valence-electron chi connectivity index (χ2n) is 5.49. The summed E-state index contributed by atoms with van der Waals surface area (Å²) in [6.07, 6.45) is 0.467. The van der Waals surface area contributed by atoms with Crippen molar-refractivity contribution >= 4 is 22.8 Å². The maximum atomic E-state index is 12.4. The molecule has 104 valence electrons. The van der Waals surface area contributed by atoms with Crippen LogP contribution < -0.4 is 0 Å². The van der Waals surface area contributed by atoms with Gasteiger partial charge in [-0.15, -0.1) is 0 Å². The molecule has 2 heterocycles. The fourth-order valence-electron chi connectivity index (χ4n) is 2.55. The van der Waals surface area contributed by atoms with E-state index in [0.29, 0.717) is 18.5 Å². The molecule has 1 aromatic heterocycles. The van der Waals surface area contributed by atoms with Gasteiger partial charge in [0.1, 0.15) is 5.58 Å². The molecule has 3 rings (SSSR count). The topological polar surface area (TPSA) is 70.8 Å². The molecule has 20 heavy (non-hydrogen) atoms. The van der Waals surface area contributed by atoms with Crippen molar-refractivity contribution in [3.05, 3.63) is 36.1 Å². The van der Waals surface area contributed by atoms with Crippen molar-refractivity contribution in [2.24, 2.45) is 5.41 Å². The molecule has 1 aliphatic rings. The van der Waals surface area contributed by atoms with E-state index in [1.165, 1.54) is 0 Å². The summed E-state index contributed by atoms with van der Waals surface area (Å²) in [6.45, 7) is 2.33. The average Bonchev–Trinajstić information content (AvgIpc) is 3.02. The second kappa shape index (κ2) is 4.37. The number of nitrogens with zero attached hydrogens (tertiary/aromatic N) is 1. The van der Waals surface area contributed by atoms with Crippen LogP contribution >= 0.6 is 0 Å². The third kappa shape index (κ3) is 1.95. The van der Waals surface area contributed by atoms with Gasteiger partial charge in [-0.2, -0.15) is 0 Å². The molecule has 1 atom stereocenters. The summed E-state index contributed by atoms with van der Waals surface area (Å²) in [4.78, 5) is 25.1. The van der Waals surface area contributed by atoms with E-state index in [4.69, 9.17) is 4.42 Å². The van der Waals surface area contributed by atoms with Crippen LogP contribution in [0.2, 0.25) is 0 Å². The SMILES string of the molecule is CC1(C(=O)O)CCN(C(=O)c2cc3ccccc3o2)C1. The Morgan fingerprint density at radius 1 is 1.35 bits per heavy atom. The third-order valence-electron chi connectivity index (χ3n) is 3.91. The number of para-hydroxylation sites is 1. The number of carbonyl (C=O) groups excluding carboxylic acids is 1. The lowest BCUT2D eigenvalue weighted by Crippen LogP contribution is -2.34. The summed E-state index contributed by atoms with van der Waals surface area (Å²) in [5.41, 5.74) is -0.196. The van der Waals surface area contributed by atoms with Gasteiger partial charge in [0, 0.05) is 18.5 Å². The number of aliphatic carboxylic acids is 1. The fourth-order valence-corrected chi connectivity index (χ4v) is 2.55. The number of benzene rings is 1. The summed E-state index contributed by atoms with van der Waals surface area (Å²) >= 11 is 0. The van der Waals surface area contributed by atoms with Crippen molar-refractivity contribution in [2.45, 2.75) is 13.3 Å². The lowest BCUT2D eigenvalue weighted by molar-refractivity contribution is -0.147. The summed E-state index contributed by atoms with van der Waals surface area (Å²) in [5, 5.41) is 10.1. The standard InChI is InChI=1S/C15H15NO4/c1-15(14(18)19)6-7-16(9-15)13(17)12-8-10-4-2-3-5-11(10)20-12/h2-5,8H,6-7,9H2,1H3,(H,18,19). The second-order valence-corrected chi connectivity index (χ2v) is 5.49. The monoisotopic (exact) mass is 273 g/mol. The minimum atomic E-state index is -0.864. The Kier molecular flexibility index (Phi) is 2.78. The van der Waals surface area contributed by atoms with Crippen LogP contribution in [0.4, 0.5) is 0 Å². The number of furan rings is 1. The lowest BCUT2D eigenvalue weighted by atomic mass is 9.90. The zero-order chi connectivity index (χ0) is 14.3. The molecule has 1 N–H and O–H groups in total. The molecule has 0 spiro atoms. The maximum absolute atomic E-state index is 12.4. The Hall–Kier alpha value is -2.30. The predicted molar refractivity (Wildman–Crippen MR) is 72.5 cm³/mol. The van der Waals surface area contributed by atoms with E-state index in [0.717, 1.165) is 5.39 Å². The van der Waals surface area contributed by atoms with E-state index in [-0.39, 0.29) is 18.2 Å². The smallest absolute Gasteiger partial charge is 0.311 e. The van der Waals surface area contributed by atoms with Crippen LogP contribution in [-0.2, 0) is 4.79 Å². The van der Waals surface area contributed by atoms with Crippen molar-refractivity contribution in [2.75, 3.05) is 13.1 Å². The molecule has 2 aromatic rings. The molecule has 1 aromatic carbocycles. The van der Waals surface area contributed by atoms with E-state index in [9.17, 15) is 14.7 Å². The summed E-state index contributed by atoms with van der Waals surface area (Å²) in [7, 11) is 0. The normalized spacial score (nSPS) is 22.4. The van der Waals surface area contributed by atoms with E-state index in [1.54, 1.807) is 24.0 Å². The first-order chi connectivity index (χ1) is 9.49. The van der Waals surface area contributed by atoms with E-state index in [2.05, 4.69) is 0 Å². The highest BCUT2D eigenvalue weighted by Crippen LogP contribution is 2.31. The van der Waals surface area contributed by atoms with Crippen LogP contribution in [0.5, 0.6) is 0 Å². The molecule has 1 fully saturated rings. The molecule has 0 bridgehead atoms. The lowest BCUT2D eigenvalue weighted by Gasteiger charge is -2.19. The molecule has 1 amide bonds. The maximum Gasteiger partial charge on any atom is 0.311 e. The molecular formula is C15H15NO4. The molecule has 0 saturated carbocycles. The first-order valence-corrected chi connectivity index (χ1v) is 6.51. The van der Waals surface area contributed by atoms with Crippen LogP contribution in [0, 0.1) is 5.41 Å². The summed E-state index contributed by atoms with van der Waals surface area (Å²) < 4.78 is 5.53. The molecule has 0 aliphatic carbocycles. The molecular weight excluding hydrogens is 258 g/mol. The van der Waals surface area contributed by atoms with Crippen molar-refractivity contribution in [1.29, 1.82) is 0 Å². The van der Waals surface area contributed by atoms with Gasteiger partial charge in [0.2, 0.25) is 0 Å². The fraction of sp³-hybridized carbons (Fsp3) is 0.333. The van der Waals surface area contributed by atoms with Gasteiger partial charge >= 0.3 is 5.97 Å². The van der Waals surface area contributed by atoms with Crippen LogP contribution in [0.3, 0.4) is 0 Å². The van der Waals surface area contributed by atoms with Gasteiger partial charge in [-0.3, -0.25) is 9.59 Å². The Morgan fingerprint density at radius 2 is 2.10 bits per heavy atom. The molecule has 1 saturated heterocycles. The van der Waals surface area contributed by atoms with Gasteiger partial charge in [0.15, 0.2) is 5.76 Å². The zero-order valence-corrected chi connectivity index (χ0v) is 11.1. The van der Waals surface area contributed by atoms with E-state index < -0.39 is 11.4 Å². The van der Waals surface area contributed by atoms with Crippen molar-refractivity contribution in [3.8, 4) is 0 Å². The van der Waals surface area contributed by atoms with Crippen LogP contribution in [-0.4, -0.2) is 35.0 Å². The summed E-state index contributed by atoms with van der Waals surface area (Å²) in [5.74, 6) is -0.843. The van der Waals surface area contributed by atoms with Gasteiger partial charge in [0.05, 0.1) is 5.41 Å². The molecule has 0 radical (unpaired) electrons. The molecule has 1 unspecified atom stereocenters. The van der Waals surface area contributed by atoms with Crippen molar-refractivity contribution in [1.82, 2.24) is 4.90 Å². The molecule has 5 heteroatoms. The van der Waals surface area contributed by atoms with Crippen LogP contribution in [0.25, 0.3) is 11.0 Å². The highest BCUT2D eigenvalue weighted by atomic mass is 16.4. The largest absolute Gasteiger partial charge is 0.481 e. The number of hydrogen-bond donors (Lipinski definition) is 1. The van der Waals surface area contributed by atoms with Crippen LogP contribution in [0.1, 0.15) is 23.9 Å². The van der Waals surface area contributed by atoms with Crippen molar-refractivity contribution < 1.29 is 19.1 Å². The number of hydrogen-bond acceptors (Lipinski definition) is 3. The number of amides is 1. The van der Waals surface area contributed by atoms with Gasteiger partial charge in [0.25, 0.3) is 5.91 Å². The van der Waals surface area contributed by atoms with Gasteiger partial charge < -0.3 is 14.4 Å². The number of carboxylic acids is 1. The third-order valence-corrected chi connectivity index (χ3v) is 3.91. The zero-order valence-electron chi connectivity index (χ0n) is 11.1. The quantitative estimate of drug-likeness (QED) is 0.911. The Morgan fingerprint density at radius 3 is 2.75 bits per heavy atom. The first-order valence-electron chi connectivity index (χ1n) is 6.51. The van der Waals surface area contributed by atoms with Crippen LogP contribution in [0.15, 0.2) is 34.7 Å². The number of carbonyl (C=O) groups is 2. The average molecular weight is 273 g/mol. The minimum Gasteiger partial charge on any atom is -0.481 e. The number of carboxylic acid groups (broad SMARTS) is 1.